The Hall–Kier alpha value is -2.26. The minimum Gasteiger partial charge on any atom is -0.312 e. The molecular formula is C17H14ClF3N2O3S. The van der Waals surface area contributed by atoms with E-state index in [9.17, 15) is 26.4 Å². The number of carbonyl (C=O) groups excluding carboxylic acids is 1. The summed E-state index contributed by atoms with van der Waals surface area (Å²) in [4.78, 5) is 12.8. The second kappa shape index (κ2) is 7.05. The molecule has 2 aromatic carbocycles. The largest absolute Gasteiger partial charge is 0.417 e. The van der Waals surface area contributed by atoms with Gasteiger partial charge in [0.1, 0.15) is 0 Å². The van der Waals surface area contributed by atoms with Crippen LogP contribution in [0.3, 0.4) is 0 Å². The highest BCUT2D eigenvalue weighted by atomic mass is 35.5. The van der Waals surface area contributed by atoms with E-state index < -0.39 is 31.7 Å². The predicted octanol–water partition coefficient (Wildman–Crippen LogP) is 4.29. The zero-order valence-electron chi connectivity index (χ0n) is 13.8. The molecule has 1 saturated heterocycles. The Balaban J connectivity index is 1.83. The Morgan fingerprint density at radius 2 is 1.74 bits per heavy atom. The minimum absolute atomic E-state index is 0.0100. The first kappa shape index (κ1) is 19.5. The summed E-state index contributed by atoms with van der Waals surface area (Å²) in [5.74, 6) is -0.0100. The van der Waals surface area contributed by atoms with Crippen molar-refractivity contribution in [1.82, 2.24) is 0 Å². The van der Waals surface area contributed by atoms with E-state index in [2.05, 4.69) is 4.72 Å². The van der Waals surface area contributed by atoms with Crippen LogP contribution in [0.1, 0.15) is 18.4 Å². The van der Waals surface area contributed by atoms with Gasteiger partial charge in [0.25, 0.3) is 10.0 Å². The molecule has 0 saturated carbocycles. The molecule has 0 spiro atoms. The summed E-state index contributed by atoms with van der Waals surface area (Å²) in [5.41, 5.74) is -0.435. The average molecular weight is 419 g/mol. The quantitative estimate of drug-likeness (QED) is 0.805. The summed E-state index contributed by atoms with van der Waals surface area (Å²) in [6.07, 6.45) is -3.55. The molecule has 1 N–H and O–H groups in total. The maximum Gasteiger partial charge on any atom is 0.417 e. The van der Waals surface area contributed by atoms with Gasteiger partial charge in [-0.25, -0.2) is 8.42 Å². The first-order valence-electron chi connectivity index (χ1n) is 7.88. The van der Waals surface area contributed by atoms with Gasteiger partial charge in [0, 0.05) is 24.3 Å². The number of benzene rings is 2. The van der Waals surface area contributed by atoms with Gasteiger partial charge < -0.3 is 4.90 Å². The standard InChI is InChI=1S/C17H14ClF3N2O3S/c18-15-8-7-13(10-14(15)17(19,20)21)27(25,26)22-11-3-5-12(6-4-11)23-9-1-2-16(23)24/h3-8,10,22H,1-2,9H2. The van der Waals surface area contributed by atoms with Crippen molar-refractivity contribution in [3.05, 3.63) is 53.1 Å². The van der Waals surface area contributed by atoms with Crippen molar-refractivity contribution in [2.24, 2.45) is 0 Å². The van der Waals surface area contributed by atoms with Gasteiger partial charge in [-0.1, -0.05) is 11.6 Å². The lowest BCUT2D eigenvalue weighted by Gasteiger charge is -2.16. The van der Waals surface area contributed by atoms with E-state index >= 15 is 0 Å². The highest BCUT2D eigenvalue weighted by molar-refractivity contribution is 7.92. The topological polar surface area (TPSA) is 66.5 Å². The lowest BCUT2D eigenvalue weighted by atomic mass is 10.2. The normalized spacial score (nSPS) is 15.3. The molecule has 2 aromatic rings. The summed E-state index contributed by atoms with van der Waals surface area (Å²) in [6, 6.07) is 8.41. The third-order valence-corrected chi connectivity index (χ3v) is 5.77. The number of anilines is 2. The SMILES string of the molecule is O=C1CCCN1c1ccc(NS(=O)(=O)c2ccc(Cl)c(C(F)(F)F)c2)cc1. The van der Waals surface area contributed by atoms with Crippen molar-refractivity contribution in [3.8, 4) is 0 Å². The number of alkyl halides is 3. The lowest BCUT2D eigenvalue weighted by molar-refractivity contribution is -0.137. The van der Waals surface area contributed by atoms with Crippen LogP contribution in [-0.2, 0) is 21.0 Å². The van der Waals surface area contributed by atoms with Crippen molar-refractivity contribution in [2.45, 2.75) is 23.9 Å². The van der Waals surface area contributed by atoms with Gasteiger partial charge in [-0.2, -0.15) is 13.2 Å². The Morgan fingerprint density at radius 3 is 2.30 bits per heavy atom. The molecule has 0 atom stereocenters. The molecule has 1 heterocycles. The molecule has 0 unspecified atom stereocenters. The van der Waals surface area contributed by atoms with Crippen molar-refractivity contribution in [1.29, 1.82) is 0 Å². The Bertz CT molecular complexity index is 976. The smallest absolute Gasteiger partial charge is 0.312 e. The van der Waals surface area contributed by atoms with E-state index in [0.29, 0.717) is 24.7 Å². The summed E-state index contributed by atoms with van der Waals surface area (Å²) in [5, 5.41) is -0.582. The maximum absolute atomic E-state index is 12.9. The molecule has 10 heteroatoms. The zero-order valence-corrected chi connectivity index (χ0v) is 15.3. The van der Waals surface area contributed by atoms with Crippen LogP contribution in [0.4, 0.5) is 24.5 Å². The number of rotatable bonds is 4. The second-order valence-corrected chi connectivity index (χ2v) is 8.03. The van der Waals surface area contributed by atoms with E-state index in [1.54, 1.807) is 17.0 Å². The van der Waals surface area contributed by atoms with Gasteiger partial charge >= 0.3 is 6.18 Å². The van der Waals surface area contributed by atoms with Gasteiger partial charge in [0.2, 0.25) is 5.91 Å². The molecule has 144 valence electrons. The van der Waals surface area contributed by atoms with Crippen LogP contribution in [-0.4, -0.2) is 20.9 Å². The number of carbonyl (C=O) groups is 1. The van der Waals surface area contributed by atoms with Crippen molar-refractivity contribution >= 4 is 38.9 Å². The fourth-order valence-corrected chi connectivity index (χ4v) is 4.04. The predicted molar refractivity (Wildman–Crippen MR) is 95.3 cm³/mol. The van der Waals surface area contributed by atoms with Gasteiger partial charge in [0.15, 0.2) is 0 Å². The highest BCUT2D eigenvalue weighted by Gasteiger charge is 2.34. The molecule has 0 radical (unpaired) electrons. The number of hydrogen-bond acceptors (Lipinski definition) is 3. The van der Waals surface area contributed by atoms with E-state index in [1.165, 1.54) is 12.1 Å². The van der Waals surface area contributed by atoms with Crippen molar-refractivity contribution in [2.75, 3.05) is 16.2 Å². The minimum atomic E-state index is -4.77. The summed E-state index contributed by atoms with van der Waals surface area (Å²) >= 11 is 5.52. The molecule has 1 aliphatic heterocycles. The third kappa shape index (κ3) is 4.19. The van der Waals surface area contributed by atoms with E-state index in [-0.39, 0.29) is 11.6 Å². The molecule has 1 aliphatic rings. The van der Waals surface area contributed by atoms with E-state index in [4.69, 9.17) is 11.6 Å². The molecule has 3 rings (SSSR count). The first-order valence-corrected chi connectivity index (χ1v) is 9.74. The second-order valence-electron chi connectivity index (χ2n) is 5.94. The van der Waals surface area contributed by atoms with Gasteiger partial charge in [0.05, 0.1) is 15.5 Å². The van der Waals surface area contributed by atoms with Crippen molar-refractivity contribution in [3.63, 3.8) is 0 Å². The van der Waals surface area contributed by atoms with Crippen LogP contribution in [0, 0.1) is 0 Å². The summed E-state index contributed by atoms with van der Waals surface area (Å²) in [6.45, 7) is 0.592. The number of sulfonamides is 1. The number of amides is 1. The molecule has 27 heavy (non-hydrogen) atoms. The van der Waals surface area contributed by atoms with Crippen molar-refractivity contribution < 1.29 is 26.4 Å². The Labute approximate surface area is 158 Å². The van der Waals surface area contributed by atoms with Gasteiger partial charge in [-0.3, -0.25) is 9.52 Å². The molecule has 5 nitrogen and oxygen atoms in total. The molecule has 0 aromatic heterocycles. The highest BCUT2D eigenvalue weighted by Crippen LogP contribution is 2.36. The van der Waals surface area contributed by atoms with Crippen LogP contribution < -0.4 is 9.62 Å². The molecule has 0 bridgehead atoms. The van der Waals surface area contributed by atoms with Crippen LogP contribution in [0.25, 0.3) is 0 Å². The third-order valence-electron chi connectivity index (χ3n) is 4.06. The Morgan fingerprint density at radius 1 is 1.07 bits per heavy atom. The van der Waals surface area contributed by atoms with Crippen LogP contribution in [0.15, 0.2) is 47.4 Å². The maximum atomic E-state index is 12.9. The lowest BCUT2D eigenvalue weighted by Crippen LogP contribution is -2.23. The van der Waals surface area contributed by atoms with Crippen LogP contribution in [0.5, 0.6) is 0 Å². The zero-order chi connectivity index (χ0) is 19.8. The summed E-state index contributed by atoms with van der Waals surface area (Å²) < 4.78 is 65.8. The number of nitrogens with one attached hydrogen (secondary N) is 1. The average Bonchev–Trinajstić information content (AvgIpc) is 3.00. The molecule has 0 aliphatic carbocycles. The number of hydrogen-bond donors (Lipinski definition) is 1. The van der Waals surface area contributed by atoms with Gasteiger partial charge in [-0.15, -0.1) is 0 Å². The fraction of sp³-hybridized carbons (Fsp3) is 0.235. The summed E-state index contributed by atoms with van der Waals surface area (Å²) in [7, 11) is -4.24. The van der Waals surface area contributed by atoms with E-state index in [1.807, 2.05) is 0 Å². The first-order chi connectivity index (χ1) is 12.6. The van der Waals surface area contributed by atoms with E-state index in [0.717, 1.165) is 18.6 Å². The molecule has 1 fully saturated rings. The number of halogens is 4. The Kier molecular flexibility index (Phi) is 5.09. The van der Waals surface area contributed by atoms with Crippen LogP contribution in [0.2, 0.25) is 5.02 Å². The monoisotopic (exact) mass is 418 g/mol. The van der Waals surface area contributed by atoms with Gasteiger partial charge in [-0.05, 0) is 48.9 Å². The molecule has 1 amide bonds. The van der Waals surface area contributed by atoms with Crippen LogP contribution >= 0.6 is 11.6 Å². The number of nitrogens with zero attached hydrogens (tertiary/aromatic N) is 1. The fourth-order valence-electron chi connectivity index (χ4n) is 2.73. The molecular weight excluding hydrogens is 405 g/mol.